The molecule has 0 radical (unpaired) electrons. The van der Waals surface area contributed by atoms with Crippen molar-refractivity contribution in [2.75, 3.05) is 25.6 Å². The number of carbonyl (C=O) groups excluding carboxylic acids is 2. The van der Waals surface area contributed by atoms with Crippen molar-refractivity contribution in [3.8, 4) is 0 Å². The molecule has 1 aliphatic rings. The van der Waals surface area contributed by atoms with Gasteiger partial charge in [0.05, 0.1) is 19.8 Å². The van der Waals surface area contributed by atoms with Crippen LogP contribution >= 0.6 is 11.3 Å². The number of hydrogen-bond donors (Lipinski definition) is 1. The van der Waals surface area contributed by atoms with Crippen LogP contribution in [-0.4, -0.2) is 43.1 Å². The summed E-state index contributed by atoms with van der Waals surface area (Å²) in [5, 5.41) is 3.71. The minimum absolute atomic E-state index is 0.0800. The lowest BCUT2D eigenvalue weighted by Crippen LogP contribution is -2.18. The zero-order chi connectivity index (χ0) is 13.1. The molecule has 1 atom stereocenters. The van der Waals surface area contributed by atoms with Gasteiger partial charge in [0.1, 0.15) is 4.88 Å². The molecule has 1 aliphatic heterocycles. The van der Waals surface area contributed by atoms with Gasteiger partial charge in [-0.1, -0.05) is 11.3 Å². The first kappa shape index (κ1) is 13.0. The van der Waals surface area contributed by atoms with Gasteiger partial charge in [0.15, 0.2) is 16.6 Å². The standard InChI is InChI=1S/C11H14N2O4S/c1-6(14)9-8(10(15)16-2)13-11(18-9)12-7-3-4-17-5-7/h7H,3-5H2,1-2H3,(H,12,13). The Morgan fingerprint density at radius 2 is 2.33 bits per heavy atom. The lowest BCUT2D eigenvalue weighted by molar-refractivity contribution is 0.0591. The van der Waals surface area contributed by atoms with E-state index in [1.165, 1.54) is 25.4 Å². The van der Waals surface area contributed by atoms with Crippen molar-refractivity contribution >= 4 is 28.2 Å². The summed E-state index contributed by atoms with van der Waals surface area (Å²) in [6.45, 7) is 2.73. The molecule has 18 heavy (non-hydrogen) atoms. The van der Waals surface area contributed by atoms with Gasteiger partial charge in [-0.15, -0.1) is 0 Å². The SMILES string of the molecule is COC(=O)c1nc(NC2CCOC2)sc1C(C)=O. The second kappa shape index (κ2) is 5.45. The average molecular weight is 270 g/mol. The summed E-state index contributed by atoms with van der Waals surface area (Å²) in [6, 6.07) is 0.182. The quantitative estimate of drug-likeness (QED) is 0.657. The van der Waals surface area contributed by atoms with E-state index in [0.29, 0.717) is 23.2 Å². The van der Waals surface area contributed by atoms with Crippen LogP contribution in [0.15, 0.2) is 0 Å². The molecule has 7 heteroatoms. The zero-order valence-corrected chi connectivity index (χ0v) is 11.0. The Morgan fingerprint density at radius 3 is 2.89 bits per heavy atom. The second-order valence-corrected chi connectivity index (χ2v) is 4.95. The van der Waals surface area contributed by atoms with Gasteiger partial charge >= 0.3 is 5.97 Å². The van der Waals surface area contributed by atoms with E-state index in [4.69, 9.17) is 4.74 Å². The van der Waals surface area contributed by atoms with E-state index in [1.54, 1.807) is 0 Å². The van der Waals surface area contributed by atoms with Crippen LogP contribution < -0.4 is 5.32 Å². The molecule has 0 aromatic carbocycles. The number of methoxy groups -OCH3 is 1. The lowest BCUT2D eigenvalue weighted by Gasteiger charge is -2.07. The third kappa shape index (κ3) is 2.68. The predicted octanol–water partition coefficient (Wildman–Crippen LogP) is 1.33. The van der Waals surface area contributed by atoms with Gasteiger partial charge in [-0.25, -0.2) is 9.78 Å². The summed E-state index contributed by atoms with van der Waals surface area (Å²) in [5.74, 6) is -0.782. The van der Waals surface area contributed by atoms with Crippen molar-refractivity contribution in [1.82, 2.24) is 4.98 Å². The molecule has 2 heterocycles. The fourth-order valence-corrected chi connectivity index (χ4v) is 2.60. The third-order valence-electron chi connectivity index (χ3n) is 2.58. The van der Waals surface area contributed by atoms with Crippen molar-refractivity contribution in [1.29, 1.82) is 0 Å². The van der Waals surface area contributed by atoms with Crippen molar-refractivity contribution in [3.05, 3.63) is 10.6 Å². The van der Waals surface area contributed by atoms with Crippen LogP contribution in [0.1, 0.15) is 33.5 Å². The maximum Gasteiger partial charge on any atom is 0.358 e. The smallest absolute Gasteiger partial charge is 0.358 e. The molecular weight excluding hydrogens is 256 g/mol. The van der Waals surface area contributed by atoms with Crippen LogP contribution in [0.3, 0.4) is 0 Å². The van der Waals surface area contributed by atoms with Gasteiger partial charge in [-0.3, -0.25) is 4.79 Å². The van der Waals surface area contributed by atoms with Crippen LogP contribution in [0.4, 0.5) is 5.13 Å². The van der Waals surface area contributed by atoms with E-state index < -0.39 is 5.97 Å². The number of nitrogens with one attached hydrogen (secondary N) is 1. The zero-order valence-electron chi connectivity index (χ0n) is 10.2. The van der Waals surface area contributed by atoms with Crippen LogP contribution in [0.25, 0.3) is 0 Å². The van der Waals surface area contributed by atoms with E-state index in [1.807, 2.05) is 0 Å². The number of ether oxygens (including phenoxy) is 2. The molecular formula is C11H14N2O4S. The Labute approximate surface area is 108 Å². The number of ketones is 1. The molecule has 0 aliphatic carbocycles. The number of hydrogen-bond acceptors (Lipinski definition) is 7. The van der Waals surface area contributed by atoms with E-state index in [9.17, 15) is 9.59 Å². The molecule has 6 nitrogen and oxygen atoms in total. The van der Waals surface area contributed by atoms with Crippen molar-refractivity contribution in [2.24, 2.45) is 0 Å². The molecule has 1 aromatic heterocycles. The largest absolute Gasteiger partial charge is 0.464 e. The number of carbonyl (C=O) groups is 2. The molecule has 0 spiro atoms. The number of anilines is 1. The number of thiazole rings is 1. The van der Waals surface area contributed by atoms with Gasteiger partial charge in [0.25, 0.3) is 0 Å². The summed E-state index contributed by atoms with van der Waals surface area (Å²) in [7, 11) is 1.27. The Morgan fingerprint density at radius 1 is 1.56 bits per heavy atom. The fraction of sp³-hybridized carbons (Fsp3) is 0.545. The molecule has 0 amide bonds. The van der Waals surface area contributed by atoms with Gasteiger partial charge in [0, 0.05) is 13.5 Å². The number of rotatable bonds is 4. The van der Waals surface area contributed by atoms with Crippen LogP contribution in [-0.2, 0) is 9.47 Å². The van der Waals surface area contributed by atoms with Gasteiger partial charge in [0.2, 0.25) is 0 Å². The first-order valence-electron chi connectivity index (χ1n) is 5.56. The highest BCUT2D eigenvalue weighted by atomic mass is 32.1. The van der Waals surface area contributed by atoms with E-state index in [2.05, 4.69) is 15.0 Å². The molecule has 1 aromatic rings. The van der Waals surface area contributed by atoms with Crippen LogP contribution in [0, 0.1) is 0 Å². The highest BCUT2D eigenvalue weighted by molar-refractivity contribution is 7.17. The highest BCUT2D eigenvalue weighted by Gasteiger charge is 2.24. The third-order valence-corrected chi connectivity index (χ3v) is 3.67. The van der Waals surface area contributed by atoms with Crippen molar-refractivity contribution in [2.45, 2.75) is 19.4 Å². The molecule has 1 N–H and O–H groups in total. The molecule has 1 unspecified atom stereocenters. The first-order chi connectivity index (χ1) is 8.61. The maximum atomic E-state index is 11.5. The summed E-state index contributed by atoms with van der Waals surface area (Å²) in [5.41, 5.74) is 0.0800. The van der Waals surface area contributed by atoms with Crippen molar-refractivity contribution in [3.63, 3.8) is 0 Å². The normalized spacial score (nSPS) is 18.7. The summed E-state index contributed by atoms with van der Waals surface area (Å²) in [4.78, 5) is 27.4. The molecule has 1 fully saturated rings. The van der Waals surface area contributed by atoms with Crippen LogP contribution in [0.2, 0.25) is 0 Å². The number of nitrogens with zero attached hydrogens (tertiary/aromatic N) is 1. The Balaban J connectivity index is 2.21. The Bertz CT molecular complexity index is 466. The van der Waals surface area contributed by atoms with E-state index in [0.717, 1.165) is 6.42 Å². The van der Waals surface area contributed by atoms with Gasteiger partial charge in [-0.05, 0) is 6.42 Å². The minimum atomic E-state index is -0.591. The molecule has 1 saturated heterocycles. The molecule has 2 rings (SSSR count). The van der Waals surface area contributed by atoms with E-state index in [-0.39, 0.29) is 17.5 Å². The molecule has 0 bridgehead atoms. The predicted molar refractivity (Wildman–Crippen MR) is 66.3 cm³/mol. The number of aromatic nitrogens is 1. The molecule has 0 saturated carbocycles. The number of esters is 1. The maximum absolute atomic E-state index is 11.5. The van der Waals surface area contributed by atoms with Gasteiger partial charge < -0.3 is 14.8 Å². The van der Waals surface area contributed by atoms with Crippen molar-refractivity contribution < 1.29 is 19.1 Å². The summed E-state index contributed by atoms with van der Waals surface area (Å²) in [6.07, 6.45) is 0.891. The summed E-state index contributed by atoms with van der Waals surface area (Å²) < 4.78 is 9.85. The Hall–Kier alpha value is -1.47. The topological polar surface area (TPSA) is 77.5 Å². The fourth-order valence-electron chi connectivity index (χ4n) is 1.68. The average Bonchev–Trinajstić information content (AvgIpc) is 2.97. The first-order valence-corrected chi connectivity index (χ1v) is 6.38. The number of Topliss-reactive ketones (excluding diaryl/α,β-unsaturated/α-hetero) is 1. The monoisotopic (exact) mass is 270 g/mol. The lowest BCUT2D eigenvalue weighted by atomic mass is 10.3. The van der Waals surface area contributed by atoms with Crippen LogP contribution in [0.5, 0.6) is 0 Å². The molecule has 98 valence electrons. The summed E-state index contributed by atoms with van der Waals surface area (Å²) >= 11 is 1.17. The Kier molecular flexibility index (Phi) is 3.93. The second-order valence-electron chi connectivity index (χ2n) is 3.95. The van der Waals surface area contributed by atoms with Gasteiger partial charge in [-0.2, -0.15) is 0 Å². The minimum Gasteiger partial charge on any atom is -0.464 e. The van der Waals surface area contributed by atoms with E-state index >= 15 is 0 Å². The highest BCUT2D eigenvalue weighted by Crippen LogP contribution is 2.25.